The molecule has 0 aliphatic rings. The maximum atomic E-state index is 13.4. The second-order valence-electron chi connectivity index (χ2n) is 4.45. The minimum atomic E-state index is -0.933. The van der Waals surface area contributed by atoms with Gasteiger partial charge in [0.2, 0.25) is 0 Å². The summed E-state index contributed by atoms with van der Waals surface area (Å²) in [4.78, 5) is 11.7. The number of carbonyl (C=O) groups is 1. The van der Waals surface area contributed by atoms with Crippen molar-refractivity contribution >= 4 is 5.78 Å². The molecule has 0 fully saturated rings. The molecule has 0 bridgehead atoms. The van der Waals surface area contributed by atoms with Crippen molar-refractivity contribution in [1.29, 1.82) is 0 Å². The van der Waals surface area contributed by atoms with Gasteiger partial charge >= 0.3 is 0 Å². The lowest BCUT2D eigenvalue weighted by Crippen LogP contribution is -2.06. The smallest absolute Gasteiger partial charge is 0.162 e. The molecule has 1 heterocycles. The first-order chi connectivity index (χ1) is 9.06. The van der Waals surface area contributed by atoms with Gasteiger partial charge in [-0.1, -0.05) is 12.1 Å². The molecule has 0 saturated carbocycles. The van der Waals surface area contributed by atoms with E-state index in [-0.39, 0.29) is 17.8 Å². The number of benzene rings is 1. The van der Waals surface area contributed by atoms with E-state index >= 15 is 0 Å². The molecule has 2 aromatic rings. The van der Waals surface area contributed by atoms with E-state index in [1.165, 1.54) is 12.1 Å². The van der Waals surface area contributed by atoms with E-state index in [2.05, 4.69) is 5.10 Å². The highest BCUT2D eigenvalue weighted by Gasteiger charge is 2.11. The van der Waals surface area contributed by atoms with Crippen molar-refractivity contribution in [2.75, 3.05) is 0 Å². The minimum absolute atomic E-state index is 0.0795. The van der Waals surface area contributed by atoms with E-state index in [4.69, 9.17) is 0 Å². The number of rotatable bonds is 5. The molecule has 0 amide bonds. The van der Waals surface area contributed by atoms with Crippen LogP contribution in [0.1, 0.15) is 17.5 Å². The van der Waals surface area contributed by atoms with Gasteiger partial charge in [0, 0.05) is 26.1 Å². The first-order valence-corrected chi connectivity index (χ1v) is 5.98. The fraction of sp³-hybridized carbons (Fsp3) is 0.286. The van der Waals surface area contributed by atoms with Crippen molar-refractivity contribution in [3.05, 3.63) is 53.4 Å². The predicted molar refractivity (Wildman–Crippen MR) is 66.6 cm³/mol. The normalized spacial score (nSPS) is 10.7. The van der Waals surface area contributed by atoms with Crippen LogP contribution in [0.3, 0.4) is 0 Å². The highest BCUT2D eigenvalue weighted by molar-refractivity contribution is 5.81. The summed E-state index contributed by atoms with van der Waals surface area (Å²) < 4.78 is 28.0. The van der Waals surface area contributed by atoms with E-state index in [1.807, 2.05) is 6.20 Å². The maximum Gasteiger partial charge on any atom is 0.162 e. The van der Waals surface area contributed by atoms with E-state index in [0.717, 1.165) is 11.6 Å². The van der Waals surface area contributed by atoms with Crippen molar-refractivity contribution in [2.45, 2.75) is 19.3 Å². The summed E-state index contributed by atoms with van der Waals surface area (Å²) >= 11 is 0. The number of nitrogens with zero attached hydrogens (tertiary/aromatic N) is 2. The molecule has 0 N–H and O–H groups in total. The molecule has 0 aliphatic heterocycles. The summed E-state index contributed by atoms with van der Waals surface area (Å²) in [5.41, 5.74) is 1.06. The Bertz CT molecular complexity index is 593. The molecule has 19 heavy (non-hydrogen) atoms. The fourth-order valence-corrected chi connectivity index (χ4v) is 1.87. The zero-order valence-electron chi connectivity index (χ0n) is 10.6. The SMILES string of the molecule is Cn1cc(CCC(=O)Cc2cccc(F)c2F)cn1. The second kappa shape index (κ2) is 5.73. The number of hydrogen-bond donors (Lipinski definition) is 0. The molecule has 0 unspecified atom stereocenters. The summed E-state index contributed by atoms with van der Waals surface area (Å²) in [6, 6.07) is 3.88. The van der Waals surface area contributed by atoms with Gasteiger partial charge in [0.1, 0.15) is 5.78 Å². The molecule has 1 aromatic heterocycles. The zero-order valence-corrected chi connectivity index (χ0v) is 10.6. The molecular formula is C14H14F2N2O. The molecule has 0 aliphatic carbocycles. The lowest BCUT2D eigenvalue weighted by atomic mass is 10.0. The van der Waals surface area contributed by atoms with Gasteiger partial charge in [-0.25, -0.2) is 8.78 Å². The summed E-state index contributed by atoms with van der Waals surface area (Å²) in [5, 5.41) is 4.00. The Morgan fingerprint density at radius 3 is 2.84 bits per heavy atom. The second-order valence-corrected chi connectivity index (χ2v) is 4.45. The number of aromatic nitrogens is 2. The third-order valence-corrected chi connectivity index (χ3v) is 2.87. The lowest BCUT2D eigenvalue weighted by Gasteiger charge is -2.03. The van der Waals surface area contributed by atoms with Crippen LogP contribution in [0.5, 0.6) is 0 Å². The topological polar surface area (TPSA) is 34.9 Å². The average molecular weight is 264 g/mol. The number of aryl methyl sites for hydroxylation is 2. The number of halogens is 2. The van der Waals surface area contributed by atoms with Crippen molar-refractivity contribution in [3.63, 3.8) is 0 Å². The predicted octanol–water partition coefficient (Wildman–Crippen LogP) is 2.44. The number of Topliss-reactive ketones (excluding diaryl/α,β-unsaturated/α-hetero) is 1. The van der Waals surface area contributed by atoms with Crippen LogP contribution in [0.4, 0.5) is 8.78 Å². The fourth-order valence-electron chi connectivity index (χ4n) is 1.87. The van der Waals surface area contributed by atoms with Gasteiger partial charge in [-0.3, -0.25) is 9.48 Å². The molecular weight excluding hydrogens is 250 g/mol. The van der Waals surface area contributed by atoms with Gasteiger partial charge < -0.3 is 0 Å². The van der Waals surface area contributed by atoms with Crippen LogP contribution in [0.25, 0.3) is 0 Å². The number of ketones is 1. The molecule has 5 heteroatoms. The van der Waals surface area contributed by atoms with Gasteiger partial charge in [-0.2, -0.15) is 5.10 Å². The highest BCUT2D eigenvalue weighted by Crippen LogP contribution is 2.13. The summed E-state index contributed by atoms with van der Waals surface area (Å²) in [6.45, 7) is 0. The minimum Gasteiger partial charge on any atom is -0.299 e. The van der Waals surface area contributed by atoms with Crippen LogP contribution < -0.4 is 0 Å². The van der Waals surface area contributed by atoms with Gasteiger partial charge in [0.25, 0.3) is 0 Å². The van der Waals surface area contributed by atoms with Crippen molar-refractivity contribution in [2.24, 2.45) is 7.05 Å². The summed E-state index contributed by atoms with van der Waals surface area (Å²) in [6.07, 6.45) is 4.29. The monoisotopic (exact) mass is 264 g/mol. The molecule has 0 spiro atoms. The molecule has 0 radical (unpaired) electrons. The average Bonchev–Trinajstić information content (AvgIpc) is 2.78. The van der Waals surface area contributed by atoms with Crippen LogP contribution >= 0.6 is 0 Å². The standard InChI is InChI=1S/C14H14F2N2O/c1-18-9-10(8-17-18)5-6-12(19)7-11-3-2-4-13(15)14(11)16/h2-4,8-9H,5-7H2,1H3. The first-order valence-electron chi connectivity index (χ1n) is 5.98. The highest BCUT2D eigenvalue weighted by atomic mass is 19.2. The molecule has 100 valence electrons. The van der Waals surface area contributed by atoms with E-state index in [0.29, 0.717) is 12.8 Å². The van der Waals surface area contributed by atoms with Crippen molar-refractivity contribution < 1.29 is 13.6 Å². The maximum absolute atomic E-state index is 13.4. The summed E-state index contributed by atoms with van der Waals surface area (Å²) in [5.74, 6) is -1.97. The van der Waals surface area contributed by atoms with Crippen LogP contribution in [0.2, 0.25) is 0 Å². The number of carbonyl (C=O) groups excluding carboxylic acids is 1. The van der Waals surface area contributed by atoms with E-state index in [9.17, 15) is 13.6 Å². The van der Waals surface area contributed by atoms with Crippen molar-refractivity contribution in [1.82, 2.24) is 9.78 Å². The van der Waals surface area contributed by atoms with Gasteiger partial charge in [-0.05, 0) is 23.6 Å². The van der Waals surface area contributed by atoms with Crippen LogP contribution in [-0.4, -0.2) is 15.6 Å². The largest absolute Gasteiger partial charge is 0.299 e. The Hall–Kier alpha value is -2.04. The Kier molecular flexibility index (Phi) is 4.04. The molecule has 0 atom stereocenters. The Morgan fingerprint density at radius 1 is 1.37 bits per heavy atom. The molecule has 2 rings (SSSR count). The van der Waals surface area contributed by atoms with Crippen LogP contribution in [0.15, 0.2) is 30.6 Å². The Labute approximate surface area is 109 Å². The zero-order chi connectivity index (χ0) is 13.8. The third kappa shape index (κ3) is 3.47. The van der Waals surface area contributed by atoms with Crippen molar-refractivity contribution in [3.8, 4) is 0 Å². The van der Waals surface area contributed by atoms with E-state index in [1.54, 1.807) is 17.9 Å². The van der Waals surface area contributed by atoms with Gasteiger partial charge in [-0.15, -0.1) is 0 Å². The van der Waals surface area contributed by atoms with E-state index < -0.39 is 11.6 Å². The Morgan fingerprint density at radius 2 is 2.16 bits per heavy atom. The third-order valence-electron chi connectivity index (χ3n) is 2.87. The van der Waals surface area contributed by atoms with Gasteiger partial charge in [0.05, 0.1) is 6.20 Å². The number of hydrogen-bond acceptors (Lipinski definition) is 2. The summed E-state index contributed by atoms with van der Waals surface area (Å²) in [7, 11) is 1.80. The quantitative estimate of drug-likeness (QED) is 0.831. The first kappa shape index (κ1) is 13.4. The van der Waals surface area contributed by atoms with Gasteiger partial charge in [0.15, 0.2) is 11.6 Å². The lowest BCUT2D eigenvalue weighted by molar-refractivity contribution is -0.118. The molecule has 1 aromatic carbocycles. The molecule has 0 saturated heterocycles. The Balaban J connectivity index is 1.92. The van der Waals surface area contributed by atoms with Crippen LogP contribution in [-0.2, 0) is 24.7 Å². The molecule has 3 nitrogen and oxygen atoms in total. The van der Waals surface area contributed by atoms with Crippen LogP contribution in [0, 0.1) is 11.6 Å².